The number of hydrogen-bond donors (Lipinski definition) is 2. The number of rotatable bonds is 5. The van der Waals surface area contributed by atoms with Crippen molar-refractivity contribution in [3.8, 4) is 0 Å². The van der Waals surface area contributed by atoms with Gasteiger partial charge >= 0.3 is 6.18 Å². The van der Waals surface area contributed by atoms with Crippen LogP contribution in [-0.4, -0.2) is 37.6 Å². The number of hydrogen-bond acceptors (Lipinski definition) is 3. The summed E-state index contributed by atoms with van der Waals surface area (Å²) >= 11 is 0. The summed E-state index contributed by atoms with van der Waals surface area (Å²) in [6.45, 7) is 1.65. The number of piperazine rings is 1. The Morgan fingerprint density at radius 1 is 1.10 bits per heavy atom. The number of benzene rings is 2. The predicted molar refractivity (Wildman–Crippen MR) is 104 cm³/mol. The largest absolute Gasteiger partial charge is 0.417 e. The van der Waals surface area contributed by atoms with E-state index in [0.717, 1.165) is 11.3 Å². The molecule has 0 bridgehead atoms. The van der Waals surface area contributed by atoms with Gasteiger partial charge in [-0.05, 0) is 23.3 Å². The molecule has 2 N–H and O–H groups in total. The Kier molecular flexibility index (Phi) is 6.21. The van der Waals surface area contributed by atoms with Crippen LogP contribution < -0.4 is 15.5 Å². The van der Waals surface area contributed by atoms with E-state index in [4.69, 9.17) is 0 Å². The fourth-order valence-corrected chi connectivity index (χ4v) is 3.00. The van der Waals surface area contributed by atoms with Gasteiger partial charge in [-0.1, -0.05) is 42.5 Å². The molecule has 0 atom stereocenters. The van der Waals surface area contributed by atoms with E-state index in [1.165, 1.54) is 24.3 Å². The number of alkyl halides is 3. The summed E-state index contributed by atoms with van der Waals surface area (Å²) in [7, 11) is 0. The molecule has 0 spiro atoms. The highest BCUT2D eigenvalue weighted by Gasteiger charge is 2.35. The zero-order chi connectivity index (χ0) is 20.9. The molecule has 29 heavy (non-hydrogen) atoms. The van der Waals surface area contributed by atoms with Crippen LogP contribution in [0.2, 0.25) is 0 Å². The molecule has 1 fully saturated rings. The Balaban J connectivity index is 1.63. The molecule has 0 aromatic heterocycles. The van der Waals surface area contributed by atoms with Crippen LogP contribution in [0.15, 0.2) is 60.7 Å². The summed E-state index contributed by atoms with van der Waals surface area (Å²) in [6, 6.07) is 14.4. The summed E-state index contributed by atoms with van der Waals surface area (Å²) in [4.78, 5) is 25.5. The number of carbonyl (C=O) groups excluding carboxylic acids is 2. The molecular formula is C21H20F3N3O2. The number of anilines is 1. The molecule has 1 aliphatic heterocycles. The number of amides is 2. The molecule has 0 aliphatic carbocycles. The molecule has 1 saturated heterocycles. The second kappa shape index (κ2) is 8.81. The maximum Gasteiger partial charge on any atom is 0.417 e. The van der Waals surface area contributed by atoms with Crippen molar-refractivity contribution < 1.29 is 22.8 Å². The summed E-state index contributed by atoms with van der Waals surface area (Å²) in [5, 5.41) is 5.23. The van der Waals surface area contributed by atoms with Crippen LogP contribution in [0.25, 0.3) is 5.57 Å². The Hall–Kier alpha value is -3.29. The third kappa shape index (κ3) is 5.60. The van der Waals surface area contributed by atoms with Crippen LogP contribution in [0.5, 0.6) is 0 Å². The zero-order valence-corrected chi connectivity index (χ0v) is 15.5. The molecule has 2 amide bonds. The molecule has 1 heterocycles. The minimum absolute atomic E-state index is 0.0433. The second-order valence-electron chi connectivity index (χ2n) is 6.58. The van der Waals surface area contributed by atoms with E-state index in [0.29, 0.717) is 19.2 Å². The highest BCUT2D eigenvalue weighted by Crippen LogP contribution is 2.33. The first kappa shape index (κ1) is 20.4. The molecule has 2 aromatic rings. The van der Waals surface area contributed by atoms with E-state index in [1.807, 2.05) is 17.0 Å². The first-order valence-electron chi connectivity index (χ1n) is 9.05. The lowest BCUT2D eigenvalue weighted by Crippen LogP contribution is -2.47. The van der Waals surface area contributed by atoms with Crippen molar-refractivity contribution in [1.29, 1.82) is 0 Å². The number of nitrogens with zero attached hydrogens (tertiary/aromatic N) is 1. The fourth-order valence-electron chi connectivity index (χ4n) is 3.00. The summed E-state index contributed by atoms with van der Waals surface area (Å²) in [5.74, 6) is -0.865. The van der Waals surface area contributed by atoms with Crippen molar-refractivity contribution in [2.75, 3.05) is 24.5 Å². The molecule has 0 radical (unpaired) electrons. The van der Waals surface area contributed by atoms with Gasteiger partial charge in [-0.2, -0.15) is 13.2 Å². The van der Waals surface area contributed by atoms with Gasteiger partial charge < -0.3 is 15.5 Å². The molecule has 8 heteroatoms. The zero-order valence-electron chi connectivity index (χ0n) is 15.5. The average molecular weight is 403 g/mol. The Labute approximate surface area is 166 Å². The van der Waals surface area contributed by atoms with Gasteiger partial charge in [0.15, 0.2) is 0 Å². The van der Waals surface area contributed by atoms with Gasteiger partial charge in [0.1, 0.15) is 0 Å². The van der Waals surface area contributed by atoms with Crippen LogP contribution in [0.4, 0.5) is 18.9 Å². The van der Waals surface area contributed by atoms with Crippen molar-refractivity contribution in [2.24, 2.45) is 0 Å². The third-order valence-corrected chi connectivity index (χ3v) is 4.47. The second-order valence-corrected chi connectivity index (χ2v) is 6.58. The highest BCUT2D eigenvalue weighted by molar-refractivity contribution is 5.96. The molecular weight excluding hydrogens is 383 g/mol. The quantitative estimate of drug-likeness (QED) is 0.755. The number of halogens is 3. The third-order valence-electron chi connectivity index (χ3n) is 4.47. The summed E-state index contributed by atoms with van der Waals surface area (Å²) in [5.41, 5.74) is 0.558. The molecule has 5 nitrogen and oxygen atoms in total. The predicted octanol–water partition coefficient (Wildman–Crippen LogP) is 2.88. The van der Waals surface area contributed by atoms with Gasteiger partial charge in [-0.3, -0.25) is 9.59 Å². The van der Waals surface area contributed by atoms with Crippen molar-refractivity contribution in [2.45, 2.75) is 12.7 Å². The van der Waals surface area contributed by atoms with Gasteiger partial charge in [-0.25, -0.2) is 0 Å². The first-order chi connectivity index (χ1) is 13.8. The fraction of sp³-hybridized carbons (Fsp3) is 0.238. The number of carbonyl (C=O) groups is 2. The minimum atomic E-state index is -4.64. The van der Waals surface area contributed by atoms with Crippen LogP contribution in [-0.2, 0) is 16.1 Å². The highest BCUT2D eigenvalue weighted by atomic mass is 19.4. The minimum Gasteiger partial charge on any atom is -0.360 e. The normalized spacial score (nSPS) is 15.1. The van der Waals surface area contributed by atoms with Crippen LogP contribution in [0.3, 0.4) is 0 Å². The molecule has 0 unspecified atom stereocenters. The average Bonchev–Trinajstić information content (AvgIpc) is 2.71. The molecule has 1 aliphatic rings. The maximum atomic E-state index is 13.3. The van der Waals surface area contributed by atoms with E-state index in [9.17, 15) is 22.8 Å². The molecule has 152 valence electrons. The lowest BCUT2D eigenvalue weighted by Gasteiger charge is -2.28. The molecule has 2 aromatic carbocycles. The van der Waals surface area contributed by atoms with Crippen LogP contribution in [0, 0.1) is 0 Å². The standard InChI is InChI=1S/C21H20F3N3O2/c22-21(23,24)18(16-4-2-1-3-5-16)12-19(28)26-13-15-6-8-17(9-7-15)27-11-10-25-20(29)14-27/h1-9,12H,10-11,13-14H2,(H,25,29)(H,26,28)/b18-12+. The van der Waals surface area contributed by atoms with Crippen molar-refractivity contribution in [3.63, 3.8) is 0 Å². The van der Waals surface area contributed by atoms with E-state index < -0.39 is 17.7 Å². The smallest absolute Gasteiger partial charge is 0.360 e. The number of allylic oxidation sites excluding steroid dienone is 1. The van der Waals surface area contributed by atoms with Crippen molar-refractivity contribution >= 4 is 23.1 Å². The number of nitrogens with one attached hydrogen (secondary N) is 2. The van der Waals surface area contributed by atoms with Crippen LogP contribution in [0.1, 0.15) is 11.1 Å². The lowest BCUT2D eigenvalue weighted by molar-refractivity contribution is -0.120. The van der Waals surface area contributed by atoms with E-state index in [1.54, 1.807) is 18.2 Å². The van der Waals surface area contributed by atoms with Crippen molar-refractivity contribution in [3.05, 3.63) is 71.8 Å². The van der Waals surface area contributed by atoms with Gasteiger partial charge in [0.25, 0.3) is 0 Å². The molecule has 0 saturated carbocycles. The van der Waals surface area contributed by atoms with Crippen molar-refractivity contribution in [1.82, 2.24) is 10.6 Å². The summed E-state index contributed by atoms with van der Waals surface area (Å²) in [6.07, 6.45) is -4.06. The van der Waals surface area contributed by atoms with E-state index >= 15 is 0 Å². The van der Waals surface area contributed by atoms with Gasteiger partial charge in [-0.15, -0.1) is 0 Å². The maximum absolute atomic E-state index is 13.3. The Morgan fingerprint density at radius 2 is 1.79 bits per heavy atom. The van der Waals surface area contributed by atoms with Crippen LogP contribution >= 0.6 is 0 Å². The van der Waals surface area contributed by atoms with E-state index in [2.05, 4.69) is 10.6 Å². The first-order valence-corrected chi connectivity index (χ1v) is 9.05. The SMILES string of the molecule is O=C(/C=C(\c1ccccc1)C(F)(F)F)NCc1ccc(N2CCNC(=O)C2)cc1. The Morgan fingerprint density at radius 3 is 2.41 bits per heavy atom. The van der Waals surface area contributed by atoms with Gasteiger partial charge in [0.2, 0.25) is 11.8 Å². The lowest BCUT2D eigenvalue weighted by atomic mass is 10.1. The monoisotopic (exact) mass is 403 g/mol. The van der Waals surface area contributed by atoms with Gasteiger partial charge in [0, 0.05) is 31.4 Å². The Bertz CT molecular complexity index is 894. The van der Waals surface area contributed by atoms with E-state index in [-0.39, 0.29) is 24.6 Å². The summed E-state index contributed by atoms with van der Waals surface area (Å²) < 4.78 is 39.9. The topological polar surface area (TPSA) is 61.4 Å². The molecule has 3 rings (SSSR count). The van der Waals surface area contributed by atoms with Gasteiger partial charge in [0.05, 0.1) is 12.1 Å².